The quantitative estimate of drug-likeness (QED) is 0.877. The summed E-state index contributed by atoms with van der Waals surface area (Å²) < 4.78 is 27.5. The number of hydrogen-bond acceptors (Lipinski definition) is 3. The summed E-state index contributed by atoms with van der Waals surface area (Å²) in [6.45, 7) is 1.72. The van der Waals surface area contributed by atoms with E-state index in [0.717, 1.165) is 5.69 Å². The predicted molar refractivity (Wildman–Crippen MR) is 57.3 cm³/mol. The summed E-state index contributed by atoms with van der Waals surface area (Å²) in [6.07, 6.45) is 0. The molecule has 1 unspecified atom stereocenters. The molecular weight excluding hydrogens is 289 g/mol. The third kappa shape index (κ3) is 3.83. The van der Waals surface area contributed by atoms with Crippen molar-refractivity contribution in [1.29, 1.82) is 4.78 Å². The second kappa shape index (κ2) is 5.39. The van der Waals surface area contributed by atoms with Crippen molar-refractivity contribution in [2.24, 2.45) is 0 Å². The molecule has 0 bridgehead atoms. The molecule has 0 saturated heterocycles. The normalized spacial score (nSPS) is 13.9. The zero-order chi connectivity index (χ0) is 10.9. The van der Waals surface area contributed by atoms with Crippen molar-refractivity contribution < 1.29 is 41.5 Å². The van der Waals surface area contributed by atoms with Gasteiger partial charge in [-0.25, -0.2) is 8.99 Å². The van der Waals surface area contributed by atoms with E-state index in [0.29, 0.717) is 5.56 Å². The third-order valence-electron chi connectivity index (χ3n) is 1.99. The molecule has 0 heterocycles. The second-order valence-electron chi connectivity index (χ2n) is 3.37. The average molecular weight is 303 g/mol. The molecule has 0 aliphatic carbocycles. The number of aryl methyl sites for hydroxylation is 1. The molecule has 0 amide bonds. The first-order valence-corrected chi connectivity index (χ1v) is 5.63. The Morgan fingerprint density at radius 1 is 1.40 bits per heavy atom. The van der Waals surface area contributed by atoms with Crippen LogP contribution in [0.2, 0.25) is 0 Å². The first-order valence-electron chi connectivity index (χ1n) is 4.11. The molecule has 0 saturated carbocycles. The van der Waals surface area contributed by atoms with Crippen LogP contribution in [0.25, 0.3) is 0 Å². The van der Waals surface area contributed by atoms with Gasteiger partial charge in [0.1, 0.15) is 0 Å². The van der Waals surface area contributed by atoms with Crippen LogP contribution in [0.15, 0.2) is 23.1 Å². The minimum atomic E-state index is -3.62. The number of anilines is 1. The topological polar surface area (TPSA) is 64.4 Å². The summed E-state index contributed by atoms with van der Waals surface area (Å²) in [6, 6.07) is 5.17. The Kier molecular flexibility index (Phi) is 5.40. The molecule has 0 fully saturated rings. The largest absolute Gasteiger partial charge is 0.378 e. The monoisotopic (exact) mass is 303 g/mol. The molecule has 6 heteroatoms. The van der Waals surface area contributed by atoms with Gasteiger partial charge in [0.15, 0.2) is 10.0 Å². The van der Waals surface area contributed by atoms with E-state index in [2.05, 4.69) is 0 Å². The van der Waals surface area contributed by atoms with E-state index in [1.165, 1.54) is 0 Å². The third-order valence-corrected chi connectivity index (χ3v) is 3.02. The van der Waals surface area contributed by atoms with Gasteiger partial charge in [-0.1, -0.05) is 6.07 Å². The maximum atomic E-state index is 11.2. The smallest absolute Gasteiger partial charge is 0.188 e. The van der Waals surface area contributed by atoms with Gasteiger partial charge in [-0.3, -0.25) is 4.55 Å². The average Bonchev–Trinajstić information content (AvgIpc) is 2.02. The van der Waals surface area contributed by atoms with Gasteiger partial charge >= 0.3 is 0 Å². The molecule has 1 rings (SSSR count). The Labute approximate surface area is 116 Å². The Balaban J connectivity index is 0.00000196. The molecule has 1 aromatic carbocycles. The summed E-state index contributed by atoms with van der Waals surface area (Å²) in [4.78, 5) is 2.01. The van der Waals surface area contributed by atoms with Gasteiger partial charge in [-0.05, 0) is 24.6 Å². The Hall–Kier alpha value is 0.0339. The first kappa shape index (κ1) is 15.0. The number of nitrogens with one attached hydrogen (secondary N) is 1. The van der Waals surface area contributed by atoms with Crippen LogP contribution < -0.4 is 4.90 Å². The van der Waals surface area contributed by atoms with Gasteiger partial charge in [-0.2, -0.15) is 0 Å². The molecule has 4 nitrogen and oxygen atoms in total. The van der Waals surface area contributed by atoms with Crippen molar-refractivity contribution in [2.45, 2.75) is 11.8 Å². The zero-order valence-corrected chi connectivity index (χ0v) is 12.7. The molecular formula is C9H14N2O2SY. The predicted octanol–water partition coefficient (Wildman–Crippen LogP) is 1.94. The summed E-state index contributed by atoms with van der Waals surface area (Å²) >= 11 is 0. The Morgan fingerprint density at radius 2 is 1.93 bits per heavy atom. The number of benzene rings is 1. The maximum Gasteiger partial charge on any atom is 0.188 e. The summed E-state index contributed by atoms with van der Waals surface area (Å²) in [5, 5.41) is 0. The molecule has 1 atom stereocenters. The molecule has 0 spiro atoms. The summed E-state index contributed by atoms with van der Waals surface area (Å²) in [5.74, 6) is 0. The molecule has 1 aromatic rings. The van der Waals surface area contributed by atoms with Crippen LogP contribution in [0.5, 0.6) is 0 Å². The van der Waals surface area contributed by atoms with Crippen molar-refractivity contribution in [3.05, 3.63) is 23.8 Å². The van der Waals surface area contributed by atoms with Crippen LogP contribution in [0.3, 0.4) is 0 Å². The van der Waals surface area contributed by atoms with Crippen molar-refractivity contribution in [1.82, 2.24) is 0 Å². The fourth-order valence-electron chi connectivity index (χ4n) is 1.17. The first-order chi connectivity index (χ1) is 6.32. The van der Waals surface area contributed by atoms with Gasteiger partial charge in [0, 0.05) is 52.5 Å². The second-order valence-corrected chi connectivity index (χ2v) is 4.86. The Morgan fingerprint density at radius 3 is 2.33 bits per heavy atom. The standard InChI is InChI=1S/C9H14N2O2S.Y/c1-7-4-5-8(11(2)3)6-9(7)14(10,12)13;/h4-6H,1-3H3,(H2,10,12,13);. The summed E-state index contributed by atoms with van der Waals surface area (Å²) in [7, 11) is 0.0735. The maximum absolute atomic E-state index is 11.2. The van der Waals surface area contributed by atoms with E-state index in [1.807, 2.05) is 25.1 Å². The molecule has 2 N–H and O–H groups in total. The van der Waals surface area contributed by atoms with Crippen molar-refractivity contribution in [3.63, 3.8) is 0 Å². The van der Waals surface area contributed by atoms with Crippen LogP contribution in [-0.4, -0.2) is 22.9 Å². The minimum Gasteiger partial charge on any atom is -0.378 e. The zero-order valence-electron chi connectivity index (χ0n) is 9.02. The molecule has 0 aliphatic rings. The molecule has 81 valence electrons. The van der Waals surface area contributed by atoms with Gasteiger partial charge in [0.2, 0.25) is 0 Å². The molecule has 15 heavy (non-hydrogen) atoms. The van der Waals surface area contributed by atoms with Crippen LogP contribution in [0.1, 0.15) is 5.56 Å². The van der Waals surface area contributed by atoms with Gasteiger partial charge < -0.3 is 4.90 Å². The van der Waals surface area contributed by atoms with E-state index in [9.17, 15) is 4.21 Å². The van der Waals surface area contributed by atoms with Gasteiger partial charge in [0.05, 0.1) is 4.90 Å². The molecule has 0 aliphatic heterocycles. The van der Waals surface area contributed by atoms with Crippen molar-refractivity contribution >= 4 is 15.7 Å². The van der Waals surface area contributed by atoms with Crippen LogP contribution >= 0.6 is 0 Å². The molecule has 1 radical (unpaired) electrons. The number of rotatable bonds is 2. The van der Waals surface area contributed by atoms with Crippen LogP contribution in [-0.2, 0) is 42.7 Å². The van der Waals surface area contributed by atoms with Gasteiger partial charge in [-0.15, -0.1) is 0 Å². The van der Waals surface area contributed by atoms with Crippen molar-refractivity contribution in [2.75, 3.05) is 19.0 Å². The molecule has 0 aromatic heterocycles. The van der Waals surface area contributed by atoms with Crippen molar-refractivity contribution in [3.8, 4) is 0 Å². The fourth-order valence-corrected chi connectivity index (χ4v) is 1.95. The Bertz CT molecular complexity index is 443. The number of nitrogens with zero attached hydrogens (tertiary/aromatic N) is 1. The van der Waals surface area contributed by atoms with E-state index in [-0.39, 0.29) is 37.6 Å². The van der Waals surface area contributed by atoms with E-state index >= 15 is 0 Å². The SMILES string of the molecule is Cc1ccc(N(C)C)cc1S(=N)(=O)O.[Y]. The van der Waals surface area contributed by atoms with Crippen LogP contribution in [0, 0.1) is 11.7 Å². The summed E-state index contributed by atoms with van der Waals surface area (Å²) in [5.41, 5.74) is 1.48. The van der Waals surface area contributed by atoms with E-state index in [1.54, 1.807) is 19.1 Å². The van der Waals surface area contributed by atoms with Crippen LogP contribution in [0.4, 0.5) is 5.69 Å². The number of hydrogen-bond donors (Lipinski definition) is 2. The minimum absolute atomic E-state index is 0. The van der Waals surface area contributed by atoms with E-state index in [4.69, 9.17) is 9.33 Å². The van der Waals surface area contributed by atoms with Gasteiger partial charge in [0.25, 0.3) is 0 Å². The fraction of sp³-hybridized carbons (Fsp3) is 0.333. The van der Waals surface area contributed by atoms with E-state index < -0.39 is 10.0 Å².